The van der Waals surface area contributed by atoms with Crippen LogP contribution in [0.15, 0.2) is 0 Å². The van der Waals surface area contributed by atoms with Gasteiger partial charge < -0.3 is 15.3 Å². The monoisotopic (exact) mass is 257 g/mol. The van der Waals surface area contributed by atoms with Crippen molar-refractivity contribution >= 4 is 23.8 Å². The van der Waals surface area contributed by atoms with Crippen LogP contribution in [-0.4, -0.2) is 53.5 Å². The normalized spacial score (nSPS) is 16.2. The van der Waals surface area contributed by atoms with Crippen molar-refractivity contribution in [2.24, 2.45) is 5.41 Å². The van der Waals surface area contributed by atoms with Gasteiger partial charge in [0.1, 0.15) is 13.1 Å². The molecular weight excluding hydrogens is 242 g/mol. The topological polar surface area (TPSA) is 116 Å². The first-order valence-corrected chi connectivity index (χ1v) is 5.31. The summed E-state index contributed by atoms with van der Waals surface area (Å²) in [5.41, 5.74) is -1.11. The van der Waals surface area contributed by atoms with E-state index in [-0.39, 0.29) is 19.6 Å². The van der Waals surface area contributed by atoms with Gasteiger partial charge in [-0.2, -0.15) is 0 Å². The van der Waals surface area contributed by atoms with Gasteiger partial charge in [0.05, 0.1) is 5.41 Å². The molecule has 18 heavy (non-hydrogen) atoms. The molecule has 0 aromatic rings. The number of hydrogen-bond donors (Lipinski definition) is 3. The van der Waals surface area contributed by atoms with Crippen molar-refractivity contribution in [1.29, 1.82) is 0 Å². The predicted molar refractivity (Wildman–Crippen MR) is 59.5 cm³/mol. The minimum atomic E-state index is -1.11. The highest BCUT2D eigenvalue weighted by Gasteiger charge is 2.30. The van der Waals surface area contributed by atoms with Crippen LogP contribution in [0.1, 0.15) is 13.8 Å². The highest BCUT2D eigenvalue weighted by molar-refractivity contribution is 6.02. The minimum absolute atomic E-state index is 0.0898. The number of amides is 4. The van der Waals surface area contributed by atoms with Crippen molar-refractivity contribution in [1.82, 2.24) is 15.5 Å². The van der Waals surface area contributed by atoms with E-state index in [4.69, 9.17) is 5.11 Å². The maximum absolute atomic E-state index is 11.6. The van der Waals surface area contributed by atoms with Gasteiger partial charge in [-0.05, 0) is 13.8 Å². The molecule has 0 unspecified atom stereocenters. The zero-order chi connectivity index (χ0) is 13.9. The lowest BCUT2D eigenvalue weighted by atomic mass is 9.94. The second-order valence-electron chi connectivity index (χ2n) is 4.68. The van der Waals surface area contributed by atoms with Crippen molar-refractivity contribution in [2.75, 3.05) is 19.6 Å². The van der Waals surface area contributed by atoms with E-state index in [1.165, 1.54) is 13.8 Å². The van der Waals surface area contributed by atoms with Gasteiger partial charge in [0, 0.05) is 6.54 Å². The van der Waals surface area contributed by atoms with Crippen molar-refractivity contribution in [3.8, 4) is 0 Å². The number of carboxylic acid groups (broad SMARTS) is 1. The molecule has 0 aromatic heterocycles. The number of urea groups is 1. The van der Waals surface area contributed by atoms with E-state index in [0.29, 0.717) is 0 Å². The van der Waals surface area contributed by atoms with Crippen LogP contribution >= 0.6 is 0 Å². The fourth-order valence-electron chi connectivity index (χ4n) is 1.26. The number of rotatable bonds is 3. The Morgan fingerprint density at radius 3 is 2.28 bits per heavy atom. The Hall–Kier alpha value is -2.12. The largest absolute Gasteiger partial charge is 0.481 e. The molecule has 1 rings (SSSR count). The van der Waals surface area contributed by atoms with Gasteiger partial charge >= 0.3 is 12.0 Å². The molecule has 0 spiro atoms. The highest BCUT2D eigenvalue weighted by atomic mass is 16.4. The first-order chi connectivity index (χ1) is 8.22. The van der Waals surface area contributed by atoms with Crippen molar-refractivity contribution in [3.63, 3.8) is 0 Å². The Morgan fingerprint density at radius 2 is 1.83 bits per heavy atom. The zero-order valence-corrected chi connectivity index (χ0v) is 10.1. The third-order valence-corrected chi connectivity index (χ3v) is 2.50. The third kappa shape index (κ3) is 3.44. The lowest BCUT2D eigenvalue weighted by Crippen LogP contribution is -2.56. The molecule has 100 valence electrons. The van der Waals surface area contributed by atoms with E-state index in [2.05, 4.69) is 10.6 Å². The van der Waals surface area contributed by atoms with Gasteiger partial charge in [0.2, 0.25) is 11.8 Å². The predicted octanol–water partition coefficient (Wildman–Crippen LogP) is -1.23. The highest BCUT2D eigenvalue weighted by Crippen LogP contribution is 2.13. The number of carbonyl (C=O) groups excluding carboxylic acids is 3. The molecule has 4 amide bonds. The molecule has 1 heterocycles. The molecule has 0 radical (unpaired) electrons. The summed E-state index contributed by atoms with van der Waals surface area (Å²) in [4.78, 5) is 45.6. The molecule has 8 heteroatoms. The number of nitrogens with zero attached hydrogens (tertiary/aromatic N) is 1. The van der Waals surface area contributed by atoms with Gasteiger partial charge in [-0.15, -0.1) is 0 Å². The molecule has 0 saturated carbocycles. The Labute approximate surface area is 103 Å². The maximum Gasteiger partial charge on any atom is 0.318 e. The van der Waals surface area contributed by atoms with Gasteiger partial charge in [0.25, 0.3) is 0 Å². The van der Waals surface area contributed by atoms with Crippen LogP contribution < -0.4 is 10.6 Å². The average molecular weight is 257 g/mol. The Morgan fingerprint density at radius 1 is 1.33 bits per heavy atom. The molecule has 8 nitrogen and oxygen atoms in total. The first-order valence-electron chi connectivity index (χ1n) is 5.31. The summed E-state index contributed by atoms with van der Waals surface area (Å²) in [6, 6.07) is -0.632. The van der Waals surface area contributed by atoms with Gasteiger partial charge in [0.15, 0.2) is 0 Å². The van der Waals surface area contributed by atoms with Crippen LogP contribution in [0, 0.1) is 5.41 Å². The standard InChI is InChI=1S/C10H15N3O5/c1-10(2,8(16)17)5-11-9(18)13-3-6(14)12-7(15)4-13/h3-5H2,1-2H3,(H,11,18)(H,16,17)(H,12,14,15). The quantitative estimate of drug-likeness (QED) is 0.547. The first kappa shape index (κ1) is 13.9. The number of carbonyl (C=O) groups is 4. The molecule has 1 fully saturated rings. The maximum atomic E-state index is 11.6. The fraction of sp³-hybridized carbons (Fsp3) is 0.600. The minimum Gasteiger partial charge on any atom is -0.481 e. The summed E-state index contributed by atoms with van der Waals surface area (Å²) in [5.74, 6) is -2.16. The number of carboxylic acids is 1. The number of imide groups is 1. The lowest BCUT2D eigenvalue weighted by molar-refractivity contribution is -0.146. The molecule has 1 aliphatic rings. The van der Waals surface area contributed by atoms with Crippen molar-refractivity contribution in [3.05, 3.63) is 0 Å². The van der Waals surface area contributed by atoms with Crippen LogP contribution in [0.4, 0.5) is 4.79 Å². The van der Waals surface area contributed by atoms with E-state index in [9.17, 15) is 19.2 Å². The lowest BCUT2D eigenvalue weighted by Gasteiger charge is -2.27. The van der Waals surface area contributed by atoms with E-state index < -0.39 is 29.2 Å². The van der Waals surface area contributed by atoms with Crippen molar-refractivity contribution < 1.29 is 24.3 Å². The van der Waals surface area contributed by atoms with E-state index in [1.54, 1.807) is 0 Å². The van der Waals surface area contributed by atoms with Crippen LogP contribution in [0.5, 0.6) is 0 Å². The SMILES string of the molecule is CC(C)(CNC(=O)N1CC(=O)NC(=O)C1)C(=O)O. The Balaban J connectivity index is 2.53. The summed E-state index contributed by atoms with van der Waals surface area (Å²) < 4.78 is 0. The molecule has 0 aliphatic carbocycles. The molecular formula is C10H15N3O5. The molecule has 0 bridgehead atoms. The van der Waals surface area contributed by atoms with Gasteiger partial charge in [-0.25, -0.2) is 4.79 Å². The van der Waals surface area contributed by atoms with E-state index >= 15 is 0 Å². The molecule has 1 saturated heterocycles. The second kappa shape index (κ2) is 5.03. The number of piperazine rings is 1. The zero-order valence-electron chi connectivity index (χ0n) is 10.1. The number of aliphatic carboxylic acids is 1. The van der Waals surface area contributed by atoms with Crippen molar-refractivity contribution in [2.45, 2.75) is 13.8 Å². The molecule has 0 aromatic carbocycles. The Bertz CT molecular complexity index is 388. The van der Waals surface area contributed by atoms with Gasteiger partial charge in [-0.3, -0.25) is 19.7 Å². The van der Waals surface area contributed by atoms with E-state index in [0.717, 1.165) is 4.90 Å². The number of hydrogen-bond acceptors (Lipinski definition) is 4. The van der Waals surface area contributed by atoms with Crippen LogP contribution in [0.25, 0.3) is 0 Å². The van der Waals surface area contributed by atoms with Crippen LogP contribution in [0.3, 0.4) is 0 Å². The summed E-state index contributed by atoms with van der Waals surface area (Å²) in [6.45, 7) is 2.40. The summed E-state index contributed by atoms with van der Waals surface area (Å²) >= 11 is 0. The van der Waals surface area contributed by atoms with E-state index in [1.807, 2.05) is 0 Å². The average Bonchev–Trinajstić information content (AvgIpc) is 2.24. The fourth-order valence-corrected chi connectivity index (χ4v) is 1.26. The summed E-state index contributed by atoms with van der Waals surface area (Å²) in [5, 5.41) is 13.3. The van der Waals surface area contributed by atoms with Crippen LogP contribution in [-0.2, 0) is 14.4 Å². The molecule has 3 N–H and O–H groups in total. The molecule has 0 atom stereocenters. The summed E-state index contributed by atoms with van der Waals surface area (Å²) in [7, 11) is 0. The van der Waals surface area contributed by atoms with Crippen LogP contribution in [0.2, 0.25) is 0 Å². The molecule has 1 aliphatic heterocycles. The number of nitrogens with one attached hydrogen (secondary N) is 2. The smallest absolute Gasteiger partial charge is 0.318 e. The summed E-state index contributed by atoms with van der Waals surface area (Å²) in [6.07, 6.45) is 0. The third-order valence-electron chi connectivity index (χ3n) is 2.50. The van der Waals surface area contributed by atoms with Gasteiger partial charge in [-0.1, -0.05) is 0 Å². The Kier molecular flexibility index (Phi) is 3.89. The second-order valence-corrected chi connectivity index (χ2v) is 4.68.